The minimum absolute atomic E-state index is 0.658. The van der Waals surface area contributed by atoms with Crippen molar-refractivity contribution in [3.8, 4) is 5.75 Å². The number of fused-ring (bicyclic) bond motifs is 2. The van der Waals surface area contributed by atoms with E-state index in [0.717, 1.165) is 58.8 Å². The predicted octanol–water partition coefficient (Wildman–Crippen LogP) is 6.09. The van der Waals surface area contributed by atoms with Gasteiger partial charge in [0.1, 0.15) is 5.75 Å². The third-order valence-corrected chi connectivity index (χ3v) is 7.29. The standard InChI is InChI=1S/C27H37ClN4O/c1-4-32(5-2)21-10-8-20(9-11-21)29-15-6-16-30-27-23-13-7-19(28)17-26(23)31-25-14-12-22(33-3)18-24(25)27/h7,12-14,17-18,20-21,29H,4-6,8-11,15-16H2,1-3H3,(H,30,31). The molecular weight excluding hydrogens is 432 g/mol. The van der Waals surface area contributed by atoms with Gasteiger partial charge in [0.25, 0.3) is 0 Å². The number of hydrogen-bond donors (Lipinski definition) is 2. The molecule has 0 radical (unpaired) electrons. The summed E-state index contributed by atoms with van der Waals surface area (Å²) in [5, 5.41) is 10.4. The maximum atomic E-state index is 6.24. The summed E-state index contributed by atoms with van der Waals surface area (Å²) in [5.41, 5.74) is 2.95. The zero-order valence-electron chi connectivity index (χ0n) is 20.2. The van der Waals surface area contributed by atoms with Crippen LogP contribution in [-0.4, -0.2) is 55.3 Å². The predicted molar refractivity (Wildman–Crippen MR) is 141 cm³/mol. The van der Waals surface area contributed by atoms with Crippen LogP contribution in [0.1, 0.15) is 46.0 Å². The third kappa shape index (κ3) is 5.71. The molecule has 1 aliphatic rings. The van der Waals surface area contributed by atoms with Crippen LogP contribution >= 0.6 is 11.6 Å². The lowest BCUT2D eigenvalue weighted by Crippen LogP contribution is -2.42. The number of ether oxygens (including phenoxy) is 1. The van der Waals surface area contributed by atoms with Crippen LogP contribution in [0.5, 0.6) is 5.75 Å². The number of methoxy groups -OCH3 is 1. The van der Waals surface area contributed by atoms with Gasteiger partial charge in [0.15, 0.2) is 0 Å². The molecule has 0 bridgehead atoms. The molecule has 178 valence electrons. The van der Waals surface area contributed by atoms with Crippen LogP contribution in [0.2, 0.25) is 5.02 Å². The van der Waals surface area contributed by atoms with Gasteiger partial charge in [-0.05, 0) is 88.1 Å². The molecule has 0 spiro atoms. The fourth-order valence-electron chi connectivity index (χ4n) is 5.21. The second kappa shape index (κ2) is 11.4. The van der Waals surface area contributed by atoms with Gasteiger partial charge >= 0.3 is 0 Å². The van der Waals surface area contributed by atoms with Crippen molar-refractivity contribution in [1.82, 2.24) is 15.2 Å². The van der Waals surface area contributed by atoms with Gasteiger partial charge in [0.05, 0.1) is 23.8 Å². The van der Waals surface area contributed by atoms with Gasteiger partial charge in [-0.25, -0.2) is 4.98 Å². The summed E-state index contributed by atoms with van der Waals surface area (Å²) in [6, 6.07) is 13.4. The van der Waals surface area contributed by atoms with Gasteiger partial charge in [0.2, 0.25) is 0 Å². The number of anilines is 1. The van der Waals surface area contributed by atoms with Gasteiger partial charge in [-0.15, -0.1) is 0 Å². The monoisotopic (exact) mass is 468 g/mol. The van der Waals surface area contributed by atoms with Crippen LogP contribution < -0.4 is 15.4 Å². The first-order chi connectivity index (χ1) is 16.1. The van der Waals surface area contributed by atoms with E-state index in [0.29, 0.717) is 11.1 Å². The van der Waals surface area contributed by atoms with Crippen LogP contribution in [0.3, 0.4) is 0 Å². The molecule has 5 nitrogen and oxygen atoms in total. The van der Waals surface area contributed by atoms with Gasteiger partial charge in [-0.3, -0.25) is 0 Å². The third-order valence-electron chi connectivity index (χ3n) is 7.06. The quantitative estimate of drug-likeness (QED) is 0.278. The normalized spacial score (nSPS) is 18.8. The Balaban J connectivity index is 1.36. The van der Waals surface area contributed by atoms with Gasteiger partial charge < -0.3 is 20.3 Å². The molecule has 1 heterocycles. The van der Waals surface area contributed by atoms with Crippen molar-refractivity contribution in [1.29, 1.82) is 0 Å². The number of nitrogens with zero attached hydrogens (tertiary/aromatic N) is 2. The molecule has 1 aromatic heterocycles. The second-order valence-corrected chi connectivity index (χ2v) is 9.43. The van der Waals surface area contributed by atoms with Crippen molar-refractivity contribution in [2.75, 3.05) is 38.6 Å². The van der Waals surface area contributed by atoms with Crippen LogP contribution in [0.25, 0.3) is 21.8 Å². The SMILES string of the molecule is CCN(CC)C1CCC(NCCCNc2c3ccc(Cl)cc3nc3ccc(OC)cc23)CC1. The summed E-state index contributed by atoms with van der Waals surface area (Å²) in [4.78, 5) is 7.43. The van der Waals surface area contributed by atoms with E-state index in [4.69, 9.17) is 21.3 Å². The lowest BCUT2D eigenvalue weighted by molar-refractivity contribution is 0.157. The van der Waals surface area contributed by atoms with E-state index in [1.54, 1.807) is 7.11 Å². The van der Waals surface area contributed by atoms with Crippen LogP contribution in [0, 0.1) is 0 Å². The highest BCUT2D eigenvalue weighted by Gasteiger charge is 2.23. The lowest BCUT2D eigenvalue weighted by atomic mass is 9.90. The Kier molecular flexibility index (Phi) is 8.29. The largest absolute Gasteiger partial charge is 0.497 e. The number of pyridine rings is 1. The number of nitrogens with one attached hydrogen (secondary N) is 2. The van der Waals surface area contributed by atoms with E-state index in [9.17, 15) is 0 Å². The minimum Gasteiger partial charge on any atom is -0.497 e. The molecule has 6 heteroatoms. The van der Waals surface area contributed by atoms with Crippen molar-refractivity contribution >= 4 is 39.1 Å². The molecule has 4 rings (SSSR count). The Labute approximate surface area is 202 Å². The maximum absolute atomic E-state index is 6.24. The molecule has 0 atom stereocenters. The average molecular weight is 469 g/mol. The molecule has 3 aromatic rings. The van der Waals surface area contributed by atoms with E-state index in [2.05, 4.69) is 41.5 Å². The molecule has 0 amide bonds. The zero-order chi connectivity index (χ0) is 23.2. The summed E-state index contributed by atoms with van der Waals surface area (Å²) >= 11 is 6.24. The molecule has 0 unspecified atom stereocenters. The Bertz CT molecular complexity index is 1060. The van der Waals surface area contributed by atoms with Crippen molar-refractivity contribution in [3.05, 3.63) is 41.4 Å². The molecule has 1 aliphatic carbocycles. The van der Waals surface area contributed by atoms with Crippen LogP contribution in [0.4, 0.5) is 5.69 Å². The Morgan fingerprint density at radius 2 is 1.76 bits per heavy atom. The fourth-order valence-corrected chi connectivity index (χ4v) is 5.37. The first kappa shape index (κ1) is 24.1. The number of halogens is 1. The number of benzene rings is 2. The van der Waals surface area contributed by atoms with Gasteiger partial charge in [0, 0.05) is 34.4 Å². The van der Waals surface area contributed by atoms with E-state index in [-0.39, 0.29) is 0 Å². The molecule has 2 N–H and O–H groups in total. The Morgan fingerprint density at radius 1 is 0.970 bits per heavy atom. The molecule has 2 aromatic carbocycles. The maximum Gasteiger partial charge on any atom is 0.119 e. The highest BCUT2D eigenvalue weighted by molar-refractivity contribution is 6.31. The van der Waals surface area contributed by atoms with Crippen LogP contribution in [0.15, 0.2) is 36.4 Å². The van der Waals surface area contributed by atoms with E-state index in [1.165, 1.54) is 38.8 Å². The van der Waals surface area contributed by atoms with E-state index < -0.39 is 0 Å². The summed E-state index contributed by atoms with van der Waals surface area (Å²) in [5.74, 6) is 0.836. The fraction of sp³-hybridized carbons (Fsp3) is 0.519. The molecule has 1 fully saturated rings. The summed E-state index contributed by atoms with van der Waals surface area (Å²) < 4.78 is 5.47. The van der Waals surface area contributed by atoms with Crippen molar-refractivity contribution in [2.24, 2.45) is 0 Å². The van der Waals surface area contributed by atoms with E-state index in [1.807, 2.05) is 24.3 Å². The van der Waals surface area contributed by atoms with E-state index >= 15 is 0 Å². The molecule has 0 saturated heterocycles. The Hall–Kier alpha value is -2.08. The molecule has 1 saturated carbocycles. The molecule has 0 aliphatic heterocycles. The number of hydrogen-bond acceptors (Lipinski definition) is 5. The minimum atomic E-state index is 0.658. The average Bonchev–Trinajstić information content (AvgIpc) is 2.84. The van der Waals surface area contributed by atoms with Gasteiger partial charge in [-0.2, -0.15) is 0 Å². The van der Waals surface area contributed by atoms with Crippen molar-refractivity contribution in [3.63, 3.8) is 0 Å². The molecular formula is C27H37ClN4O. The lowest BCUT2D eigenvalue weighted by Gasteiger charge is -2.36. The first-order valence-corrected chi connectivity index (χ1v) is 12.8. The highest BCUT2D eigenvalue weighted by Crippen LogP contribution is 2.34. The highest BCUT2D eigenvalue weighted by atomic mass is 35.5. The topological polar surface area (TPSA) is 49.4 Å². The number of rotatable bonds is 10. The second-order valence-electron chi connectivity index (χ2n) is 8.99. The number of aromatic nitrogens is 1. The van der Waals surface area contributed by atoms with Crippen molar-refractivity contribution < 1.29 is 4.74 Å². The molecule has 33 heavy (non-hydrogen) atoms. The van der Waals surface area contributed by atoms with Gasteiger partial charge in [-0.1, -0.05) is 25.4 Å². The summed E-state index contributed by atoms with van der Waals surface area (Å²) in [6.45, 7) is 8.82. The smallest absolute Gasteiger partial charge is 0.119 e. The zero-order valence-corrected chi connectivity index (χ0v) is 20.9. The van der Waals surface area contributed by atoms with Crippen molar-refractivity contribution in [2.45, 2.75) is 58.0 Å². The first-order valence-electron chi connectivity index (χ1n) is 12.4. The summed E-state index contributed by atoms with van der Waals surface area (Å²) in [6.07, 6.45) is 6.27. The summed E-state index contributed by atoms with van der Waals surface area (Å²) in [7, 11) is 1.70. The Morgan fingerprint density at radius 3 is 2.48 bits per heavy atom. The van der Waals surface area contributed by atoms with Crippen LogP contribution in [-0.2, 0) is 0 Å².